The molecular weight excluding hydrogens is 346 g/mol. The van der Waals surface area contributed by atoms with E-state index >= 15 is 0 Å². The average molecular weight is 382 g/mol. The summed E-state index contributed by atoms with van der Waals surface area (Å²) in [4.78, 5) is 12.7. The summed E-state index contributed by atoms with van der Waals surface area (Å²) < 4.78 is 0. The summed E-state index contributed by atoms with van der Waals surface area (Å²) in [5, 5.41) is 11.4. The maximum atomic E-state index is 12.7. The number of allylic oxidation sites excluding steroid dienone is 1. The van der Waals surface area contributed by atoms with Crippen LogP contribution in [0.25, 0.3) is 5.57 Å². The lowest BCUT2D eigenvalue weighted by Gasteiger charge is -2.34. The maximum absolute atomic E-state index is 12.7. The number of fused-ring (bicyclic) bond motifs is 1. The Balaban J connectivity index is 0.000000921. The first-order chi connectivity index (χ1) is 13.4. The van der Waals surface area contributed by atoms with Gasteiger partial charge in [0.05, 0.1) is 12.0 Å². The highest BCUT2D eigenvalue weighted by atomic mass is 16.5. The van der Waals surface area contributed by atoms with Gasteiger partial charge in [-0.25, -0.2) is 5.06 Å². The quantitative estimate of drug-likeness (QED) is 0.478. The monoisotopic (exact) mass is 381 g/mol. The van der Waals surface area contributed by atoms with Gasteiger partial charge in [0.1, 0.15) is 0 Å². The number of hydrogen-bond donors (Lipinski definition) is 1. The van der Waals surface area contributed by atoms with Crippen molar-refractivity contribution in [3.05, 3.63) is 76.9 Å². The van der Waals surface area contributed by atoms with E-state index in [2.05, 4.69) is 19.1 Å². The van der Waals surface area contributed by atoms with Crippen molar-refractivity contribution in [3.8, 4) is 0 Å². The molecule has 3 nitrogen and oxygen atoms in total. The molecule has 0 fully saturated rings. The van der Waals surface area contributed by atoms with Gasteiger partial charge in [-0.3, -0.25) is 10.0 Å². The Hall–Kier alpha value is -2.39. The van der Waals surface area contributed by atoms with Crippen LogP contribution in [0.2, 0.25) is 0 Å². The first-order valence-electron chi connectivity index (χ1n) is 10.3. The van der Waals surface area contributed by atoms with Gasteiger partial charge in [0, 0.05) is 0 Å². The van der Waals surface area contributed by atoms with E-state index in [4.69, 9.17) is 0 Å². The summed E-state index contributed by atoms with van der Waals surface area (Å²) in [5.74, 6) is -0.282. The first kappa shape index (κ1) is 23.6. The fourth-order valence-corrected chi connectivity index (χ4v) is 3.34. The molecule has 0 spiro atoms. The summed E-state index contributed by atoms with van der Waals surface area (Å²) in [6, 6.07) is 17.8. The second-order valence-electron chi connectivity index (χ2n) is 6.90. The molecule has 0 aromatic heterocycles. The van der Waals surface area contributed by atoms with E-state index in [0.717, 1.165) is 28.2 Å². The van der Waals surface area contributed by atoms with Crippen molar-refractivity contribution >= 4 is 11.5 Å². The van der Waals surface area contributed by atoms with E-state index in [1.807, 2.05) is 84.0 Å². The number of hydrogen-bond acceptors (Lipinski definition) is 2. The molecule has 0 radical (unpaired) electrons. The normalized spacial score (nSPS) is 12.3. The number of rotatable bonds is 4. The van der Waals surface area contributed by atoms with Crippen LogP contribution in [0, 0.1) is 0 Å². The van der Waals surface area contributed by atoms with Gasteiger partial charge in [-0.1, -0.05) is 87.9 Å². The molecule has 0 heterocycles. The molecule has 152 valence electrons. The van der Waals surface area contributed by atoms with Gasteiger partial charge in [-0.15, -0.1) is 0 Å². The van der Waals surface area contributed by atoms with E-state index in [1.54, 1.807) is 0 Å². The fraction of sp³-hybridized carbons (Fsp3) is 0.400. The Kier molecular flexibility index (Phi) is 9.14. The highest BCUT2D eigenvalue weighted by molar-refractivity contribution is 5.91. The number of amides is 1. The van der Waals surface area contributed by atoms with E-state index in [1.165, 1.54) is 11.1 Å². The van der Waals surface area contributed by atoms with E-state index in [9.17, 15) is 10.0 Å². The number of nitrogens with zero attached hydrogens (tertiary/aromatic N) is 1. The molecule has 28 heavy (non-hydrogen) atoms. The van der Waals surface area contributed by atoms with Crippen molar-refractivity contribution in [1.82, 2.24) is 5.06 Å². The molecule has 1 N–H and O–H groups in total. The van der Waals surface area contributed by atoms with Gasteiger partial charge < -0.3 is 0 Å². The van der Waals surface area contributed by atoms with E-state index < -0.39 is 5.54 Å². The van der Waals surface area contributed by atoms with Crippen molar-refractivity contribution in [3.63, 3.8) is 0 Å². The van der Waals surface area contributed by atoms with Crippen LogP contribution in [0.4, 0.5) is 0 Å². The molecule has 0 aliphatic heterocycles. The van der Waals surface area contributed by atoms with Crippen molar-refractivity contribution in [1.29, 1.82) is 0 Å². The summed E-state index contributed by atoms with van der Waals surface area (Å²) in [6.07, 6.45) is 1.10. The number of hydroxylamine groups is 2. The Morgan fingerprint density at radius 1 is 0.964 bits per heavy atom. The maximum Gasteiger partial charge on any atom is 0.251 e. The molecule has 0 saturated carbocycles. The fourth-order valence-electron chi connectivity index (χ4n) is 3.34. The molecule has 1 aliphatic rings. The van der Waals surface area contributed by atoms with Crippen molar-refractivity contribution in [2.24, 2.45) is 0 Å². The van der Waals surface area contributed by atoms with Gasteiger partial charge >= 0.3 is 0 Å². The lowest BCUT2D eigenvalue weighted by molar-refractivity contribution is -0.190. The Morgan fingerprint density at radius 2 is 1.50 bits per heavy atom. The zero-order valence-electron chi connectivity index (χ0n) is 18.4. The standard InChI is InChI=1S/C21H23NO2.2C2H6/c1-15-13-16-9-7-8-12-18(16)19(15)14-20(23)22(24)21(2,3)17-10-5-4-6-11-17;2*1-2/h4-12,24H,13-14H2,1-3H3;2*1-2H3. The number of carbonyl (C=O) groups excluding carboxylic acids is 1. The molecule has 1 aliphatic carbocycles. The summed E-state index contributed by atoms with van der Waals surface area (Å²) in [6.45, 7) is 13.8. The molecule has 1 amide bonds. The first-order valence-corrected chi connectivity index (χ1v) is 10.3. The Bertz CT molecular complexity index is 791. The Labute approximate surface area is 170 Å². The van der Waals surface area contributed by atoms with Crippen LogP contribution in [-0.2, 0) is 16.8 Å². The van der Waals surface area contributed by atoms with E-state index in [-0.39, 0.29) is 12.3 Å². The molecule has 2 aromatic rings. The van der Waals surface area contributed by atoms with Crippen molar-refractivity contribution < 1.29 is 10.0 Å². The van der Waals surface area contributed by atoms with Gasteiger partial charge in [-0.05, 0) is 49.5 Å². The summed E-state index contributed by atoms with van der Waals surface area (Å²) in [7, 11) is 0. The second kappa shape index (κ2) is 10.8. The lowest BCUT2D eigenvalue weighted by Crippen LogP contribution is -2.43. The van der Waals surface area contributed by atoms with Crippen LogP contribution < -0.4 is 0 Å². The number of benzene rings is 2. The van der Waals surface area contributed by atoms with Gasteiger partial charge in [0.25, 0.3) is 5.91 Å². The minimum Gasteiger partial charge on any atom is -0.285 e. The largest absolute Gasteiger partial charge is 0.285 e. The molecule has 3 rings (SSSR count). The molecule has 2 aromatic carbocycles. The third-order valence-electron chi connectivity index (χ3n) is 4.89. The predicted octanol–water partition coefficient (Wildman–Crippen LogP) is 6.61. The zero-order chi connectivity index (χ0) is 21.3. The van der Waals surface area contributed by atoms with Gasteiger partial charge in [0.2, 0.25) is 0 Å². The molecule has 0 atom stereocenters. The average Bonchev–Trinajstić information content (AvgIpc) is 3.06. The van der Waals surface area contributed by atoms with Crippen LogP contribution in [0.3, 0.4) is 0 Å². The minimum absolute atomic E-state index is 0.218. The van der Waals surface area contributed by atoms with Crippen LogP contribution in [0.15, 0.2) is 60.2 Å². The predicted molar refractivity (Wildman–Crippen MR) is 118 cm³/mol. The Morgan fingerprint density at radius 3 is 2.11 bits per heavy atom. The smallest absolute Gasteiger partial charge is 0.251 e. The minimum atomic E-state index is -0.773. The van der Waals surface area contributed by atoms with E-state index in [0.29, 0.717) is 0 Å². The molecule has 0 saturated heterocycles. The van der Waals surface area contributed by atoms with Crippen LogP contribution in [0.1, 0.15) is 71.6 Å². The van der Waals surface area contributed by atoms with Crippen molar-refractivity contribution in [2.75, 3.05) is 0 Å². The van der Waals surface area contributed by atoms with Crippen LogP contribution >= 0.6 is 0 Å². The number of carbonyl (C=O) groups is 1. The van der Waals surface area contributed by atoms with Crippen molar-refractivity contribution in [2.45, 2.75) is 66.8 Å². The van der Waals surface area contributed by atoms with Crippen LogP contribution in [-0.4, -0.2) is 16.2 Å². The molecule has 3 heteroatoms. The molecule has 0 unspecified atom stereocenters. The zero-order valence-corrected chi connectivity index (χ0v) is 18.4. The highest BCUT2D eigenvalue weighted by Crippen LogP contribution is 2.36. The SMILES string of the molecule is CC.CC.CC1=C(CC(=O)N(O)C(C)(C)c2ccccc2)c2ccccc2C1. The lowest BCUT2D eigenvalue weighted by atomic mass is 9.93. The highest BCUT2D eigenvalue weighted by Gasteiger charge is 2.33. The second-order valence-corrected chi connectivity index (χ2v) is 6.90. The molecule has 0 bridgehead atoms. The summed E-state index contributed by atoms with van der Waals surface area (Å²) in [5.41, 5.74) is 4.76. The third kappa shape index (κ3) is 5.11. The molecular formula is C25H35NO2. The topological polar surface area (TPSA) is 40.5 Å². The third-order valence-corrected chi connectivity index (χ3v) is 4.89. The van der Waals surface area contributed by atoms with Gasteiger partial charge in [0.15, 0.2) is 0 Å². The summed E-state index contributed by atoms with van der Waals surface area (Å²) >= 11 is 0. The van der Waals surface area contributed by atoms with Crippen LogP contribution in [0.5, 0.6) is 0 Å². The van der Waals surface area contributed by atoms with Gasteiger partial charge in [-0.2, -0.15) is 0 Å².